The first-order valence-electron chi connectivity index (χ1n) is 34.4. The number of hydrogen-bond donors (Lipinski definition) is 0. The molecule has 0 aromatic rings. The molecule has 1 unspecified atom stereocenters. The van der Waals surface area contributed by atoms with Crippen LogP contribution in [0.5, 0.6) is 0 Å². The molecule has 464 valence electrons. The van der Waals surface area contributed by atoms with Gasteiger partial charge in [0.15, 0.2) is 6.10 Å². The number of esters is 3. The highest BCUT2D eigenvalue weighted by atomic mass is 16.6. The van der Waals surface area contributed by atoms with Crippen LogP contribution in [-0.2, 0) is 28.6 Å². The predicted octanol–water partition coefficient (Wildman–Crippen LogP) is 23.8. The molecular weight excluding hydrogens is 997 g/mol. The summed E-state index contributed by atoms with van der Waals surface area (Å²) in [7, 11) is 0. The monoisotopic (exact) mass is 1120 g/mol. The van der Waals surface area contributed by atoms with Gasteiger partial charge in [-0.2, -0.15) is 0 Å². The van der Waals surface area contributed by atoms with E-state index < -0.39 is 6.10 Å². The largest absolute Gasteiger partial charge is 0.462 e. The number of unbranched alkanes of at least 4 members (excludes halogenated alkanes) is 33. The topological polar surface area (TPSA) is 78.9 Å². The van der Waals surface area contributed by atoms with Crippen molar-refractivity contribution in [1.29, 1.82) is 0 Å². The predicted molar refractivity (Wildman–Crippen MR) is 353 cm³/mol. The molecule has 0 amide bonds. The van der Waals surface area contributed by atoms with Crippen molar-refractivity contribution in [2.75, 3.05) is 13.2 Å². The molecule has 0 heterocycles. The van der Waals surface area contributed by atoms with Gasteiger partial charge in [-0.15, -0.1) is 0 Å². The van der Waals surface area contributed by atoms with E-state index in [1.165, 1.54) is 154 Å². The molecule has 0 radical (unpaired) electrons. The second-order valence-corrected chi connectivity index (χ2v) is 22.7. The molecule has 0 aliphatic heterocycles. The van der Waals surface area contributed by atoms with Gasteiger partial charge in [0.1, 0.15) is 13.2 Å². The van der Waals surface area contributed by atoms with Gasteiger partial charge in [-0.3, -0.25) is 14.4 Å². The normalized spacial score (nSPS) is 12.8. The molecule has 0 rings (SSSR count). The molecule has 0 aromatic heterocycles. The summed E-state index contributed by atoms with van der Waals surface area (Å²) in [5.74, 6) is -0.884. The molecule has 0 saturated carbocycles. The summed E-state index contributed by atoms with van der Waals surface area (Å²) in [6.07, 6.45) is 93.9. The zero-order valence-electron chi connectivity index (χ0n) is 53.3. The molecule has 0 fully saturated rings. The van der Waals surface area contributed by atoms with E-state index in [2.05, 4.69) is 130 Å². The second-order valence-electron chi connectivity index (χ2n) is 22.7. The Balaban J connectivity index is 4.31. The maximum Gasteiger partial charge on any atom is 0.306 e. The molecule has 0 bridgehead atoms. The van der Waals surface area contributed by atoms with E-state index in [1.807, 2.05) is 0 Å². The minimum Gasteiger partial charge on any atom is -0.462 e. The lowest BCUT2D eigenvalue weighted by molar-refractivity contribution is -0.167. The maximum atomic E-state index is 12.9. The molecule has 0 N–H and O–H groups in total. The lowest BCUT2D eigenvalue weighted by Gasteiger charge is -2.18. The van der Waals surface area contributed by atoms with Crippen LogP contribution in [-0.4, -0.2) is 37.2 Å². The Morgan fingerprint density at radius 1 is 0.259 bits per heavy atom. The minimum atomic E-state index is -0.784. The fourth-order valence-electron chi connectivity index (χ4n) is 9.67. The van der Waals surface area contributed by atoms with Crippen LogP contribution in [0.15, 0.2) is 109 Å². The standard InChI is InChI=1S/C75H128O6/c1-4-7-10-13-16-19-22-25-28-29-30-31-32-33-34-35-36-37-38-39-40-41-42-43-44-45-48-50-53-56-59-62-65-68-74(77)80-71-72(81-75(78)69-66-63-60-57-54-51-47-27-24-21-18-15-12-9-6-3)70-79-73(76)67-64-61-58-55-52-49-46-26-23-20-17-14-11-8-5-2/h7,10,16,19,25,28,30-31,33-34,36-37,39-40,42-43,45,48,72H,4-6,8-9,11-15,17-18,20-24,26-27,29,32,35,38,41,44,46-47,49-71H2,1-3H3/b10-7-,19-16-,28-25-,31-30-,34-33-,37-36-,40-39-,43-42-,48-45-. The Kier molecular flexibility index (Phi) is 65.2. The summed E-state index contributed by atoms with van der Waals surface area (Å²) in [4.78, 5) is 38.4. The molecule has 1 atom stereocenters. The third kappa shape index (κ3) is 66.8. The van der Waals surface area contributed by atoms with Crippen molar-refractivity contribution >= 4 is 17.9 Å². The molecule has 0 spiro atoms. The summed E-state index contributed by atoms with van der Waals surface area (Å²) in [5.41, 5.74) is 0. The molecule has 0 saturated heterocycles. The number of ether oxygens (including phenoxy) is 3. The highest BCUT2D eigenvalue weighted by Crippen LogP contribution is 2.17. The maximum absolute atomic E-state index is 12.9. The lowest BCUT2D eigenvalue weighted by atomic mass is 10.0. The number of carbonyl (C=O) groups is 3. The Labute approximate surface area is 501 Å². The van der Waals surface area contributed by atoms with Crippen LogP contribution in [0.2, 0.25) is 0 Å². The molecule has 0 aromatic carbocycles. The SMILES string of the molecule is CC/C=C\C/C=C\C/C=C\C/C=C\C/C=C\C/C=C\C/C=C\C/C=C\C/C=C\CCCCCCCC(=O)OCC(COC(=O)CCCCCCCCCCCCCCCCC)OC(=O)CCCCCCCCCCCCCCCCC. The zero-order valence-corrected chi connectivity index (χ0v) is 53.3. The average Bonchev–Trinajstić information content (AvgIpc) is 3.47. The van der Waals surface area contributed by atoms with Crippen molar-refractivity contribution in [1.82, 2.24) is 0 Å². The first-order chi connectivity index (χ1) is 40.0. The van der Waals surface area contributed by atoms with Gasteiger partial charge in [0, 0.05) is 19.3 Å². The van der Waals surface area contributed by atoms with Crippen LogP contribution in [0.3, 0.4) is 0 Å². The molecule has 81 heavy (non-hydrogen) atoms. The van der Waals surface area contributed by atoms with Crippen LogP contribution in [0.1, 0.15) is 329 Å². The Hall–Kier alpha value is -3.93. The Bertz CT molecular complexity index is 1620. The van der Waals surface area contributed by atoms with Crippen LogP contribution in [0, 0.1) is 0 Å². The minimum absolute atomic E-state index is 0.0795. The van der Waals surface area contributed by atoms with E-state index in [1.54, 1.807) is 0 Å². The van der Waals surface area contributed by atoms with Crippen LogP contribution in [0.4, 0.5) is 0 Å². The first kappa shape index (κ1) is 77.1. The zero-order chi connectivity index (χ0) is 58.5. The van der Waals surface area contributed by atoms with Gasteiger partial charge in [0.25, 0.3) is 0 Å². The number of allylic oxidation sites excluding steroid dienone is 18. The van der Waals surface area contributed by atoms with Gasteiger partial charge in [0.05, 0.1) is 0 Å². The smallest absolute Gasteiger partial charge is 0.306 e. The third-order valence-electron chi connectivity index (χ3n) is 14.8. The Morgan fingerprint density at radius 3 is 0.753 bits per heavy atom. The van der Waals surface area contributed by atoms with Gasteiger partial charge >= 0.3 is 17.9 Å². The lowest BCUT2D eigenvalue weighted by Crippen LogP contribution is -2.30. The number of rotatable bonds is 62. The fourth-order valence-corrected chi connectivity index (χ4v) is 9.67. The molecule has 0 aliphatic carbocycles. The number of carbonyl (C=O) groups excluding carboxylic acids is 3. The van der Waals surface area contributed by atoms with E-state index >= 15 is 0 Å². The summed E-state index contributed by atoms with van der Waals surface area (Å²) in [6.45, 7) is 6.55. The van der Waals surface area contributed by atoms with E-state index in [0.717, 1.165) is 135 Å². The second kappa shape index (κ2) is 68.6. The van der Waals surface area contributed by atoms with Crippen LogP contribution < -0.4 is 0 Å². The molecular formula is C75H128O6. The Morgan fingerprint density at radius 2 is 0.481 bits per heavy atom. The van der Waals surface area contributed by atoms with Gasteiger partial charge in [-0.1, -0.05) is 329 Å². The molecule has 0 aliphatic rings. The summed E-state index contributed by atoms with van der Waals surface area (Å²) in [6, 6.07) is 0. The highest BCUT2D eigenvalue weighted by Gasteiger charge is 2.19. The van der Waals surface area contributed by atoms with E-state index in [-0.39, 0.29) is 31.1 Å². The van der Waals surface area contributed by atoms with Gasteiger partial charge in [-0.05, 0) is 89.9 Å². The van der Waals surface area contributed by atoms with Crippen LogP contribution >= 0.6 is 0 Å². The summed E-state index contributed by atoms with van der Waals surface area (Å²) >= 11 is 0. The quantitative estimate of drug-likeness (QED) is 0.0261. The van der Waals surface area contributed by atoms with E-state index in [0.29, 0.717) is 19.3 Å². The number of hydrogen-bond acceptors (Lipinski definition) is 6. The fraction of sp³-hybridized carbons (Fsp3) is 0.720. The van der Waals surface area contributed by atoms with Crippen molar-refractivity contribution in [2.45, 2.75) is 335 Å². The van der Waals surface area contributed by atoms with Crippen molar-refractivity contribution in [2.24, 2.45) is 0 Å². The van der Waals surface area contributed by atoms with Crippen molar-refractivity contribution < 1.29 is 28.6 Å². The first-order valence-corrected chi connectivity index (χ1v) is 34.4. The van der Waals surface area contributed by atoms with E-state index in [9.17, 15) is 14.4 Å². The highest BCUT2D eigenvalue weighted by molar-refractivity contribution is 5.71. The van der Waals surface area contributed by atoms with Crippen molar-refractivity contribution in [3.05, 3.63) is 109 Å². The summed E-state index contributed by atoms with van der Waals surface area (Å²) in [5, 5.41) is 0. The molecule has 6 heteroatoms. The van der Waals surface area contributed by atoms with Crippen LogP contribution in [0.25, 0.3) is 0 Å². The van der Waals surface area contributed by atoms with Crippen molar-refractivity contribution in [3.63, 3.8) is 0 Å². The van der Waals surface area contributed by atoms with E-state index in [4.69, 9.17) is 14.2 Å². The van der Waals surface area contributed by atoms with Gasteiger partial charge < -0.3 is 14.2 Å². The van der Waals surface area contributed by atoms with Crippen molar-refractivity contribution in [3.8, 4) is 0 Å². The third-order valence-corrected chi connectivity index (χ3v) is 14.8. The summed E-state index contributed by atoms with van der Waals surface area (Å²) < 4.78 is 16.9. The van der Waals surface area contributed by atoms with Gasteiger partial charge in [0.2, 0.25) is 0 Å². The average molecular weight is 1130 g/mol. The molecule has 6 nitrogen and oxygen atoms in total. The van der Waals surface area contributed by atoms with Gasteiger partial charge in [-0.25, -0.2) is 0 Å².